The van der Waals surface area contributed by atoms with Crippen LogP contribution in [0.1, 0.15) is 17.2 Å². The van der Waals surface area contributed by atoms with E-state index in [2.05, 4.69) is 15.9 Å². The maximum atomic E-state index is 10.7. The molecule has 0 saturated heterocycles. The van der Waals surface area contributed by atoms with E-state index in [1.807, 2.05) is 6.92 Å². The molecule has 1 amide bonds. The minimum atomic E-state index is -1.59. The number of aliphatic hydroxyl groups excluding tert-OH is 2. The van der Waals surface area contributed by atoms with E-state index in [0.29, 0.717) is 10.0 Å². The van der Waals surface area contributed by atoms with Gasteiger partial charge in [0.05, 0.1) is 0 Å². The highest BCUT2D eigenvalue weighted by Gasteiger charge is 2.24. The molecule has 82 valence electrons. The van der Waals surface area contributed by atoms with Crippen LogP contribution in [0.5, 0.6) is 0 Å². The van der Waals surface area contributed by atoms with Crippen molar-refractivity contribution in [1.82, 2.24) is 0 Å². The number of aryl methyl sites for hydroxylation is 1. The Labute approximate surface area is 95.8 Å². The van der Waals surface area contributed by atoms with Gasteiger partial charge in [-0.3, -0.25) is 4.79 Å². The lowest BCUT2D eigenvalue weighted by Gasteiger charge is -2.16. The summed E-state index contributed by atoms with van der Waals surface area (Å²) in [6.45, 7) is 1.89. The van der Waals surface area contributed by atoms with E-state index in [9.17, 15) is 15.0 Å². The second-order valence-electron chi connectivity index (χ2n) is 3.32. The average molecular weight is 274 g/mol. The first-order valence-electron chi connectivity index (χ1n) is 4.35. The molecule has 0 radical (unpaired) electrons. The molecule has 15 heavy (non-hydrogen) atoms. The van der Waals surface area contributed by atoms with Crippen LogP contribution in [0.25, 0.3) is 0 Å². The standard InChI is InChI=1S/C10H12BrNO3/c1-5-2-3-6(7(11)4-5)8(13)9(14)10(12)15/h2-4,8-9,13-14H,1H3,(H2,12,15). The Morgan fingerprint density at radius 2 is 2.07 bits per heavy atom. The number of carbonyl (C=O) groups excluding carboxylic acids is 1. The lowest BCUT2D eigenvalue weighted by Crippen LogP contribution is -2.34. The number of nitrogens with two attached hydrogens (primary N) is 1. The van der Waals surface area contributed by atoms with Gasteiger partial charge in [-0.2, -0.15) is 0 Å². The lowest BCUT2D eigenvalue weighted by molar-refractivity contribution is -0.132. The van der Waals surface area contributed by atoms with Crippen LogP contribution in [0.4, 0.5) is 0 Å². The fourth-order valence-electron chi connectivity index (χ4n) is 1.20. The summed E-state index contributed by atoms with van der Waals surface area (Å²) in [7, 11) is 0. The predicted molar refractivity (Wildman–Crippen MR) is 59.0 cm³/mol. The van der Waals surface area contributed by atoms with Crippen LogP contribution in [0.15, 0.2) is 22.7 Å². The van der Waals surface area contributed by atoms with Crippen molar-refractivity contribution < 1.29 is 15.0 Å². The second kappa shape index (κ2) is 4.74. The van der Waals surface area contributed by atoms with Crippen LogP contribution >= 0.6 is 15.9 Å². The average Bonchev–Trinajstić information content (AvgIpc) is 2.15. The van der Waals surface area contributed by atoms with E-state index in [0.717, 1.165) is 5.56 Å². The fourth-order valence-corrected chi connectivity index (χ4v) is 1.93. The van der Waals surface area contributed by atoms with E-state index in [1.165, 1.54) is 0 Å². The molecule has 2 atom stereocenters. The number of rotatable bonds is 3. The molecule has 1 aromatic rings. The third kappa shape index (κ3) is 2.77. The Morgan fingerprint density at radius 1 is 1.47 bits per heavy atom. The summed E-state index contributed by atoms with van der Waals surface area (Å²) in [6.07, 6.45) is -2.90. The van der Waals surface area contributed by atoms with Crippen LogP contribution < -0.4 is 5.73 Å². The van der Waals surface area contributed by atoms with Gasteiger partial charge in [-0.25, -0.2) is 0 Å². The maximum Gasteiger partial charge on any atom is 0.249 e. The highest BCUT2D eigenvalue weighted by molar-refractivity contribution is 9.10. The quantitative estimate of drug-likeness (QED) is 0.756. The van der Waals surface area contributed by atoms with Crippen molar-refractivity contribution in [3.63, 3.8) is 0 Å². The monoisotopic (exact) mass is 273 g/mol. The molecule has 0 fully saturated rings. The maximum absolute atomic E-state index is 10.7. The highest BCUT2D eigenvalue weighted by Crippen LogP contribution is 2.26. The third-order valence-electron chi connectivity index (χ3n) is 2.07. The molecule has 1 rings (SSSR count). The van der Waals surface area contributed by atoms with Gasteiger partial charge in [-0.15, -0.1) is 0 Å². The molecular formula is C10H12BrNO3. The number of amides is 1. The first-order valence-corrected chi connectivity index (χ1v) is 5.14. The van der Waals surface area contributed by atoms with Gasteiger partial charge in [-0.1, -0.05) is 28.1 Å². The zero-order valence-electron chi connectivity index (χ0n) is 8.14. The van der Waals surface area contributed by atoms with Crippen molar-refractivity contribution in [2.24, 2.45) is 5.73 Å². The van der Waals surface area contributed by atoms with Gasteiger partial charge in [0.2, 0.25) is 5.91 Å². The first-order chi connectivity index (χ1) is 6.93. The topological polar surface area (TPSA) is 83.6 Å². The Bertz CT molecular complexity index is 381. The second-order valence-corrected chi connectivity index (χ2v) is 4.17. The Kier molecular flexibility index (Phi) is 3.84. The molecule has 2 unspecified atom stereocenters. The first kappa shape index (κ1) is 12.2. The number of aliphatic hydroxyl groups is 2. The Balaban J connectivity index is 3.01. The van der Waals surface area contributed by atoms with Crippen LogP contribution in [-0.4, -0.2) is 22.2 Å². The zero-order valence-corrected chi connectivity index (χ0v) is 9.73. The van der Waals surface area contributed by atoms with Crippen molar-refractivity contribution in [2.75, 3.05) is 0 Å². The molecule has 1 aromatic carbocycles. The van der Waals surface area contributed by atoms with Gasteiger partial charge < -0.3 is 15.9 Å². The normalized spacial score (nSPS) is 14.7. The number of carbonyl (C=O) groups is 1. The number of halogens is 1. The molecular weight excluding hydrogens is 262 g/mol. The highest BCUT2D eigenvalue weighted by atomic mass is 79.9. The van der Waals surface area contributed by atoms with E-state index < -0.39 is 18.1 Å². The molecule has 0 spiro atoms. The summed E-state index contributed by atoms with van der Waals surface area (Å²) in [5.74, 6) is -0.949. The molecule has 5 heteroatoms. The SMILES string of the molecule is Cc1ccc(C(O)C(O)C(N)=O)c(Br)c1. The smallest absolute Gasteiger partial charge is 0.249 e. The zero-order chi connectivity index (χ0) is 11.6. The van der Waals surface area contributed by atoms with E-state index in [-0.39, 0.29) is 0 Å². The summed E-state index contributed by atoms with van der Waals surface area (Å²) in [6, 6.07) is 5.19. The number of benzene rings is 1. The molecule has 0 saturated carbocycles. The summed E-state index contributed by atoms with van der Waals surface area (Å²) >= 11 is 3.24. The van der Waals surface area contributed by atoms with E-state index in [1.54, 1.807) is 18.2 Å². The largest absolute Gasteiger partial charge is 0.385 e. The van der Waals surface area contributed by atoms with Crippen molar-refractivity contribution in [3.05, 3.63) is 33.8 Å². The lowest BCUT2D eigenvalue weighted by atomic mass is 10.0. The van der Waals surface area contributed by atoms with Crippen LogP contribution in [-0.2, 0) is 4.79 Å². The Morgan fingerprint density at radius 3 is 2.53 bits per heavy atom. The minimum Gasteiger partial charge on any atom is -0.385 e. The predicted octanol–water partition coefficient (Wildman–Crippen LogP) is 0.637. The minimum absolute atomic E-state index is 0.437. The van der Waals surface area contributed by atoms with Crippen molar-refractivity contribution in [2.45, 2.75) is 19.1 Å². The van der Waals surface area contributed by atoms with Gasteiger partial charge in [-0.05, 0) is 24.1 Å². The van der Waals surface area contributed by atoms with Crippen molar-refractivity contribution in [1.29, 1.82) is 0 Å². The summed E-state index contributed by atoms with van der Waals surface area (Å²) in [5.41, 5.74) is 6.33. The molecule has 4 N–H and O–H groups in total. The molecule has 0 heterocycles. The van der Waals surface area contributed by atoms with Crippen LogP contribution in [0, 0.1) is 6.92 Å². The van der Waals surface area contributed by atoms with Gasteiger partial charge in [0.15, 0.2) is 6.10 Å². The molecule has 0 aromatic heterocycles. The molecule has 0 aliphatic carbocycles. The summed E-state index contributed by atoms with van der Waals surface area (Å²) in [4.78, 5) is 10.7. The Hall–Kier alpha value is -0.910. The van der Waals surface area contributed by atoms with Gasteiger partial charge in [0.25, 0.3) is 0 Å². The van der Waals surface area contributed by atoms with Crippen LogP contribution in [0.3, 0.4) is 0 Å². The van der Waals surface area contributed by atoms with Crippen LogP contribution in [0.2, 0.25) is 0 Å². The summed E-state index contributed by atoms with van der Waals surface area (Å²) in [5, 5.41) is 18.9. The van der Waals surface area contributed by atoms with Gasteiger partial charge in [0.1, 0.15) is 6.10 Å². The van der Waals surface area contributed by atoms with Gasteiger partial charge in [0, 0.05) is 4.47 Å². The molecule has 0 bridgehead atoms. The third-order valence-corrected chi connectivity index (χ3v) is 2.75. The van der Waals surface area contributed by atoms with Crippen molar-refractivity contribution in [3.8, 4) is 0 Å². The number of hydrogen-bond acceptors (Lipinski definition) is 3. The van der Waals surface area contributed by atoms with E-state index >= 15 is 0 Å². The number of hydrogen-bond donors (Lipinski definition) is 3. The van der Waals surface area contributed by atoms with E-state index in [4.69, 9.17) is 5.73 Å². The fraction of sp³-hybridized carbons (Fsp3) is 0.300. The number of primary amides is 1. The summed E-state index contributed by atoms with van der Waals surface area (Å²) < 4.78 is 0.635. The van der Waals surface area contributed by atoms with Gasteiger partial charge >= 0.3 is 0 Å². The molecule has 0 aliphatic heterocycles. The van der Waals surface area contributed by atoms with Crippen molar-refractivity contribution >= 4 is 21.8 Å². The molecule has 0 aliphatic rings. The molecule has 4 nitrogen and oxygen atoms in total.